The Morgan fingerprint density at radius 1 is 0.964 bits per heavy atom. The van der Waals surface area contributed by atoms with Crippen LogP contribution in [-0.2, 0) is 0 Å². The summed E-state index contributed by atoms with van der Waals surface area (Å²) < 4.78 is 16.4. The van der Waals surface area contributed by atoms with E-state index in [1.165, 1.54) is 7.11 Å². The zero-order valence-corrected chi connectivity index (χ0v) is 15.4. The van der Waals surface area contributed by atoms with Crippen LogP contribution in [0.5, 0.6) is 17.2 Å². The largest absolute Gasteiger partial charge is 0.504 e. The lowest BCUT2D eigenvalue weighted by Crippen LogP contribution is -1.88. The molecule has 28 heavy (non-hydrogen) atoms. The highest BCUT2D eigenvalue weighted by atomic mass is 16.5. The Balaban J connectivity index is 1.67. The van der Waals surface area contributed by atoms with E-state index in [4.69, 9.17) is 13.9 Å². The predicted octanol–water partition coefficient (Wildman–Crippen LogP) is 4.97. The average molecular weight is 374 g/mol. The molecule has 1 heterocycles. The van der Waals surface area contributed by atoms with Gasteiger partial charge in [0.2, 0.25) is 5.89 Å². The number of methoxy groups -OCH3 is 2. The summed E-state index contributed by atoms with van der Waals surface area (Å²) in [6.45, 7) is 0. The van der Waals surface area contributed by atoms with Crippen LogP contribution >= 0.6 is 0 Å². The van der Waals surface area contributed by atoms with Crippen molar-refractivity contribution in [3.8, 4) is 28.7 Å². The number of nitrogens with zero attached hydrogens (tertiary/aromatic N) is 2. The quantitative estimate of drug-likeness (QED) is 0.499. The summed E-state index contributed by atoms with van der Waals surface area (Å²) in [6.07, 6.45) is 1.58. The van der Waals surface area contributed by atoms with Crippen molar-refractivity contribution in [2.24, 2.45) is 4.99 Å². The third-order valence-electron chi connectivity index (χ3n) is 4.31. The number of hydrogen-bond acceptors (Lipinski definition) is 6. The van der Waals surface area contributed by atoms with Crippen molar-refractivity contribution in [3.63, 3.8) is 0 Å². The van der Waals surface area contributed by atoms with Crippen molar-refractivity contribution in [3.05, 3.63) is 66.2 Å². The zero-order chi connectivity index (χ0) is 19.5. The number of phenolic OH excluding ortho intramolecular Hbond substituents is 1. The van der Waals surface area contributed by atoms with Gasteiger partial charge in [-0.3, -0.25) is 4.99 Å². The number of para-hydroxylation sites is 2. The molecule has 0 aliphatic heterocycles. The van der Waals surface area contributed by atoms with Crippen molar-refractivity contribution in [2.75, 3.05) is 14.2 Å². The molecule has 0 amide bonds. The summed E-state index contributed by atoms with van der Waals surface area (Å²) in [4.78, 5) is 8.99. The van der Waals surface area contributed by atoms with Crippen LogP contribution in [0.1, 0.15) is 5.56 Å². The normalized spacial score (nSPS) is 11.2. The van der Waals surface area contributed by atoms with Gasteiger partial charge in [-0.25, -0.2) is 4.98 Å². The molecule has 6 heteroatoms. The number of benzene rings is 3. The third kappa shape index (κ3) is 3.27. The summed E-state index contributed by atoms with van der Waals surface area (Å²) in [5.41, 5.74) is 3.38. The Morgan fingerprint density at radius 3 is 2.57 bits per heavy atom. The van der Waals surface area contributed by atoms with Crippen LogP contribution in [0.15, 0.2) is 70.1 Å². The Labute approximate surface area is 161 Å². The molecule has 6 nitrogen and oxygen atoms in total. The highest BCUT2D eigenvalue weighted by Gasteiger charge is 2.13. The van der Waals surface area contributed by atoms with Gasteiger partial charge in [0.05, 0.1) is 25.5 Å². The first-order valence-corrected chi connectivity index (χ1v) is 8.63. The molecule has 4 rings (SSSR count). The minimum Gasteiger partial charge on any atom is -0.504 e. The van der Waals surface area contributed by atoms with Crippen LogP contribution in [0, 0.1) is 0 Å². The van der Waals surface area contributed by atoms with Crippen molar-refractivity contribution in [2.45, 2.75) is 0 Å². The van der Waals surface area contributed by atoms with Gasteiger partial charge in [-0.1, -0.05) is 18.2 Å². The standard InChI is InChI=1S/C22H18N2O4/c1-26-18-8-4-3-7-16(18)22-24-17-12-15(10-11-19(17)28-22)23-13-14-6-5-9-20(27-2)21(14)25/h3-13,25H,1-2H3. The summed E-state index contributed by atoms with van der Waals surface area (Å²) in [6, 6.07) is 18.3. The molecular formula is C22H18N2O4. The van der Waals surface area contributed by atoms with Crippen LogP contribution in [0.2, 0.25) is 0 Å². The topological polar surface area (TPSA) is 77.1 Å². The van der Waals surface area contributed by atoms with Gasteiger partial charge in [0.15, 0.2) is 17.1 Å². The Kier molecular flexibility index (Phi) is 4.68. The van der Waals surface area contributed by atoms with E-state index in [0.29, 0.717) is 39.7 Å². The van der Waals surface area contributed by atoms with Crippen molar-refractivity contribution < 1.29 is 19.0 Å². The summed E-state index contributed by atoms with van der Waals surface area (Å²) in [5.74, 6) is 1.63. The molecular weight excluding hydrogens is 356 g/mol. The number of fused-ring (bicyclic) bond motifs is 1. The first kappa shape index (κ1) is 17.6. The van der Waals surface area contributed by atoms with Crippen LogP contribution in [-0.4, -0.2) is 30.5 Å². The molecule has 0 bridgehead atoms. The summed E-state index contributed by atoms with van der Waals surface area (Å²) in [5, 5.41) is 10.2. The zero-order valence-electron chi connectivity index (χ0n) is 15.4. The molecule has 1 aromatic heterocycles. The number of aromatic hydroxyl groups is 1. The number of phenols is 1. The highest BCUT2D eigenvalue weighted by molar-refractivity contribution is 5.88. The van der Waals surface area contributed by atoms with E-state index in [9.17, 15) is 5.11 Å². The SMILES string of the molecule is COc1ccccc1-c1nc2cc(N=Cc3cccc(OC)c3O)ccc2o1. The van der Waals surface area contributed by atoms with Crippen molar-refractivity contribution >= 4 is 23.0 Å². The maximum absolute atomic E-state index is 10.2. The van der Waals surface area contributed by atoms with Gasteiger partial charge in [0.1, 0.15) is 11.3 Å². The number of oxazole rings is 1. The lowest BCUT2D eigenvalue weighted by Gasteiger charge is -2.04. The average Bonchev–Trinajstić information content (AvgIpc) is 3.16. The number of rotatable bonds is 5. The summed E-state index contributed by atoms with van der Waals surface area (Å²) in [7, 11) is 3.12. The second-order valence-corrected chi connectivity index (χ2v) is 6.03. The first-order valence-electron chi connectivity index (χ1n) is 8.63. The third-order valence-corrected chi connectivity index (χ3v) is 4.31. The van der Waals surface area contributed by atoms with Crippen LogP contribution in [0.4, 0.5) is 5.69 Å². The Bertz CT molecular complexity index is 1160. The van der Waals surface area contributed by atoms with Crippen LogP contribution < -0.4 is 9.47 Å². The molecule has 0 saturated heterocycles. The van der Waals surface area contributed by atoms with E-state index in [2.05, 4.69) is 9.98 Å². The lowest BCUT2D eigenvalue weighted by atomic mass is 10.2. The van der Waals surface area contributed by atoms with E-state index in [-0.39, 0.29) is 5.75 Å². The summed E-state index contributed by atoms with van der Waals surface area (Å²) >= 11 is 0. The van der Waals surface area contributed by atoms with E-state index in [0.717, 1.165) is 5.56 Å². The second-order valence-electron chi connectivity index (χ2n) is 6.03. The van der Waals surface area contributed by atoms with E-state index in [1.54, 1.807) is 31.5 Å². The van der Waals surface area contributed by atoms with Gasteiger partial charge in [-0.05, 0) is 42.5 Å². The second kappa shape index (κ2) is 7.44. The molecule has 0 unspecified atom stereocenters. The minimum absolute atomic E-state index is 0.0507. The molecule has 140 valence electrons. The fourth-order valence-corrected chi connectivity index (χ4v) is 2.88. The monoisotopic (exact) mass is 374 g/mol. The van der Waals surface area contributed by atoms with Gasteiger partial charge >= 0.3 is 0 Å². The van der Waals surface area contributed by atoms with E-state index >= 15 is 0 Å². The molecule has 0 radical (unpaired) electrons. The predicted molar refractivity (Wildman–Crippen MR) is 108 cm³/mol. The molecule has 0 atom stereocenters. The highest BCUT2D eigenvalue weighted by Crippen LogP contribution is 2.33. The minimum atomic E-state index is 0.0507. The molecule has 0 aliphatic rings. The molecule has 0 spiro atoms. The number of hydrogen-bond donors (Lipinski definition) is 1. The molecule has 4 aromatic rings. The van der Waals surface area contributed by atoms with Crippen LogP contribution in [0.3, 0.4) is 0 Å². The van der Waals surface area contributed by atoms with Gasteiger partial charge in [-0.15, -0.1) is 0 Å². The maximum Gasteiger partial charge on any atom is 0.231 e. The lowest BCUT2D eigenvalue weighted by molar-refractivity contribution is 0.373. The van der Waals surface area contributed by atoms with Crippen LogP contribution in [0.25, 0.3) is 22.6 Å². The van der Waals surface area contributed by atoms with E-state index < -0.39 is 0 Å². The maximum atomic E-state index is 10.2. The van der Waals surface area contributed by atoms with Gasteiger partial charge in [-0.2, -0.15) is 0 Å². The number of aromatic nitrogens is 1. The Hall–Kier alpha value is -3.80. The fraction of sp³-hybridized carbons (Fsp3) is 0.0909. The number of aliphatic imine (C=N–C) groups is 1. The molecule has 0 saturated carbocycles. The molecule has 0 fully saturated rings. The van der Waals surface area contributed by atoms with Crippen molar-refractivity contribution in [1.82, 2.24) is 4.98 Å². The van der Waals surface area contributed by atoms with E-state index in [1.807, 2.05) is 42.5 Å². The molecule has 3 aromatic carbocycles. The smallest absolute Gasteiger partial charge is 0.231 e. The molecule has 1 N–H and O–H groups in total. The van der Waals surface area contributed by atoms with Crippen molar-refractivity contribution in [1.29, 1.82) is 0 Å². The molecule has 0 aliphatic carbocycles. The van der Waals surface area contributed by atoms with Gasteiger partial charge in [0.25, 0.3) is 0 Å². The van der Waals surface area contributed by atoms with Gasteiger partial charge < -0.3 is 19.0 Å². The first-order chi connectivity index (χ1) is 13.7. The van der Waals surface area contributed by atoms with Gasteiger partial charge in [0, 0.05) is 11.8 Å². The fourth-order valence-electron chi connectivity index (χ4n) is 2.88. The number of ether oxygens (including phenoxy) is 2. The Morgan fingerprint density at radius 2 is 1.75 bits per heavy atom.